The molecule has 1 aliphatic heterocycles. The quantitative estimate of drug-likeness (QED) is 0.518. The van der Waals surface area contributed by atoms with Crippen LogP contribution in [0, 0.1) is 0 Å². The molecule has 0 aliphatic carbocycles. The van der Waals surface area contributed by atoms with Crippen LogP contribution in [-0.2, 0) is 22.6 Å². The third kappa shape index (κ3) is 5.18. The van der Waals surface area contributed by atoms with Crippen LogP contribution >= 0.6 is 15.9 Å². The number of halogens is 1. The molecule has 164 valence electrons. The molecular weight excluding hydrogens is 472 g/mol. The maximum atomic E-state index is 13.6. The Balaban J connectivity index is 1.60. The molecule has 0 radical (unpaired) electrons. The number of hydrogen-bond donors (Lipinski definition) is 2. The number of carboxylic acids is 1. The summed E-state index contributed by atoms with van der Waals surface area (Å²) in [4.78, 5) is 27.2. The average Bonchev–Trinajstić information content (AvgIpc) is 2.93. The van der Waals surface area contributed by atoms with Crippen molar-refractivity contribution in [2.24, 2.45) is 0 Å². The van der Waals surface area contributed by atoms with Crippen molar-refractivity contribution in [1.82, 2.24) is 5.32 Å². The number of fused-ring (bicyclic) bond motifs is 1. The van der Waals surface area contributed by atoms with Gasteiger partial charge < -0.3 is 14.7 Å². The van der Waals surface area contributed by atoms with Gasteiger partial charge >= 0.3 is 5.97 Å². The van der Waals surface area contributed by atoms with Crippen LogP contribution in [0.4, 0.5) is 5.69 Å². The fourth-order valence-corrected chi connectivity index (χ4v) is 3.98. The summed E-state index contributed by atoms with van der Waals surface area (Å²) < 4.78 is 6.88. The SMILES string of the molecule is O=C(O)[C@H](Cc1ccccc1)N[C@H]1COc2ccccc2N(Cc2ccc(Br)cc2)C1=O. The number of benzene rings is 3. The van der Waals surface area contributed by atoms with Crippen LogP contribution in [0.15, 0.2) is 83.3 Å². The van der Waals surface area contributed by atoms with Crippen molar-refractivity contribution in [1.29, 1.82) is 0 Å². The zero-order chi connectivity index (χ0) is 22.5. The summed E-state index contributed by atoms with van der Waals surface area (Å²) >= 11 is 3.43. The van der Waals surface area contributed by atoms with Gasteiger partial charge in [0.25, 0.3) is 0 Å². The number of hydrogen-bond acceptors (Lipinski definition) is 4. The van der Waals surface area contributed by atoms with Crippen LogP contribution in [0.2, 0.25) is 0 Å². The topological polar surface area (TPSA) is 78.9 Å². The summed E-state index contributed by atoms with van der Waals surface area (Å²) in [7, 11) is 0. The largest absolute Gasteiger partial charge is 0.489 e. The van der Waals surface area contributed by atoms with Crippen LogP contribution in [-0.4, -0.2) is 35.7 Å². The third-order valence-corrected chi connectivity index (χ3v) is 5.89. The molecule has 3 aromatic rings. The van der Waals surface area contributed by atoms with E-state index in [1.54, 1.807) is 4.90 Å². The van der Waals surface area contributed by atoms with E-state index in [9.17, 15) is 14.7 Å². The van der Waals surface area contributed by atoms with Gasteiger partial charge in [0, 0.05) is 4.47 Å². The first-order valence-corrected chi connectivity index (χ1v) is 11.1. The van der Waals surface area contributed by atoms with Crippen LogP contribution in [0.3, 0.4) is 0 Å². The molecule has 0 saturated heterocycles. The molecule has 3 aromatic carbocycles. The van der Waals surface area contributed by atoms with E-state index in [0.717, 1.165) is 15.6 Å². The number of amides is 1. The first-order valence-electron chi connectivity index (χ1n) is 10.3. The lowest BCUT2D eigenvalue weighted by Gasteiger charge is -2.26. The fraction of sp³-hybridized carbons (Fsp3) is 0.200. The van der Waals surface area contributed by atoms with Gasteiger partial charge in [0.05, 0.1) is 12.2 Å². The number of carboxylic acid groups (broad SMARTS) is 1. The first kappa shape index (κ1) is 22.0. The van der Waals surface area contributed by atoms with Crippen LogP contribution < -0.4 is 15.0 Å². The summed E-state index contributed by atoms with van der Waals surface area (Å²) in [5, 5.41) is 12.8. The lowest BCUT2D eigenvalue weighted by molar-refractivity contribution is -0.140. The van der Waals surface area contributed by atoms with E-state index in [-0.39, 0.29) is 18.9 Å². The van der Waals surface area contributed by atoms with Crippen molar-refractivity contribution >= 4 is 33.5 Å². The molecule has 0 unspecified atom stereocenters. The molecule has 1 aliphatic rings. The number of anilines is 1. The molecule has 4 rings (SSSR count). The van der Waals surface area contributed by atoms with E-state index in [2.05, 4.69) is 21.2 Å². The van der Waals surface area contributed by atoms with E-state index < -0.39 is 18.1 Å². The molecule has 0 bridgehead atoms. The van der Waals surface area contributed by atoms with Crippen molar-refractivity contribution in [2.45, 2.75) is 25.0 Å². The smallest absolute Gasteiger partial charge is 0.321 e. The first-order chi connectivity index (χ1) is 15.5. The molecule has 0 saturated carbocycles. The maximum Gasteiger partial charge on any atom is 0.321 e. The van der Waals surface area contributed by atoms with Gasteiger partial charge in [-0.25, -0.2) is 0 Å². The van der Waals surface area contributed by atoms with E-state index in [1.807, 2.05) is 78.9 Å². The number of nitrogens with one attached hydrogen (secondary N) is 1. The monoisotopic (exact) mass is 494 g/mol. The minimum Gasteiger partial charge on any atom is -0.489 e. The fourth-order valence-electron chi connectivity index (χ4n) is 3.72. The van der Waals surface area contributed by atoms with Gasteiger partial charge in [-0.3, -0.25) is 14.9 Å². The van der Waals surface area contributed by atoms with Crippen molar-refractivity contribution in [3.63, 3.8) is 0 Å². The van der Waals surface area contributed by atoms with Gasteiger partial charge in [0.15, 0.2) is 0 Å². The Morgan fingerprint density at radius 2 is 1.72 bits per heavy atom. The number of nitrogens with zero attached hydrogens (tertiary/aromatic N) is 1. The minimum atomic E-state index is -1.01. The van der Waals surface area contributed by atoms with Crippen molar-refractivity contribution in [3.05, 3.63) is 94.5 Å². The van der Waals surface area contributed by atoms with Crippen LogP contribution in [0.25, 0.3) is 0 Å². The predicted molar refractivity (Wildman–Crippen MR) is 126 cm³/mol. The lowest BCUT2D eigenvalue weighted by atomic mass is 10.0. The Hall–Kier alpha value is -3.16. The molecule has 32 heavy (non-hydrogen) atoms. The van der Waals surface area contributed by atoms with E-state index in [0.29, 0.717) is 18.0 Å². The molecule has 2 N–H and O–H groups in total. The highest BCUT2D eigenvalue weighted by Gasteiger charge is 2.34. The van der Waals surface area contributed by atoms with E-state index in [1.165, 1.54) is 0 Å². The third-order valence-electron chi connectivity index (χ3n) is 5.36. The Bertz CT molecular complexity index is 1090. The van der Waals surface area contributed by atoms with Gasteiger partial charge in [-0.1, -0.05) is 70.5 Å². The number of aliphatic carboxylic acids is 1. The highest BCUT2D eigenvalue weighted by atomic mass is 79.9. The predicted octanol–water partition coefficient (Wildman–Crippen LogP) is 4.03. The second-order valence-electron chi connectivity index (χ2n) is 7.63. The lowest BCUT2D eigenvalue weighted by Crippen LogP contribution is -2.54. The van der Waals surface area contributed by atoms with Crippen molar-refractivity contribution in [2.75, 3.05) is 11.5 Å². The van der Waals surface area contributed by atoms with E-state index >= 15 is 0 Å². The number of ether oxygens (including phenoxy) is 1. The van der Waals surface area contributed by atoms with E-state index in [4.69, 9.17) is 4.74 Å². The van der Waals surface area contributed by atoms with Crippen molar-refractivity contribution in [3.8, 4) is 5.75 Å². The molecule has 0 fully saturated rings. The summed E-state index contributed by atoms with van der Waals surface area (Å²) in [6.07, 6.45) is 0.264. The highest BCUT2D eigenvalue weighted by Crippen LogP contribution is 2.32. The minimum absolute atomic E-state index is 0.0469. The Labute approximate surface area is 195 Å². The highest BCUT2D eigenvalue weighted by molar-refractivity contribution is 9.10. The summed E-state index contributed by atoms with van der Waals surface area (Å²) in [5.74, 6) is -0.641. The van der Waals surface area contributed by atoms with Gasteiger partial charge in [0.2, 0.25) is 5.91 Å². The van der Waals surface area contributed by atoms with Gasteiger partial charge in [-0.15, -0.1) is 0 Å². The Morgan fingerprint density at radius 3 is 2.44 bits per heavy atom. The second kappa shape index (κ2) is 9.97. The standard InChI is InChI=1S/C25H23BrN2O4/c26-19-12-10-18(11-13-19)15-28-22-8-4-5-9-23(22)32-16-21(24(28)29)27-20(25(30)31)14-17-6-2-1-3-7-17/h1-13,20-21,27H,14-16H2,(H,30,31)/t20-,21-/m0/s1. The summed E-state index contributed by atoms with van der Waals surface area (Å²) in [6, 6.07) is 22.7. The number of carbonyl (C=O) groups excluding carboxylic acids is 1. The van der Waals surface area contributed by atoms with Crippen LogP contribution in [0.1, 0.15) is 11.1 Å². The Kier molecular flexibility index (Phi) is 6.87. The molecule has 1 amide bonds. The second-order valence-corrected chi connectivity index (χ2v) is 8.55. The summed E-state index contributed by atoms with van der Waals surface area (Å²) in [6.45, 7) is 0.395. The molecule has 0 spiro atoms. The number of rotatable bonds is 7. The normalized spacial score (nSPS) is 16.6. The van der Waals surface area contributed by atoms with Gasteiger partial charge in [-0.05, 0) is 41.8 Å². The van der Waals surface area contributed by atoms with Gasteiger partial charge in [-0.2, -0.15) is 0 Å². The molecule has 0 aromatic heterocycles. The number of para-hydroxylation sites is 2. The zero-order valence-corrected chi connectivity index (χ0v) is 18.9. The van der Waals surface area contributed by atoms with Crippen molar-refractivity contribution < 1.29 is 19.4 Å². The average molecular weight is 495 g/mol. The van der Waals surface area contributed by atoms with Crippen LogP contribution in [0.5, 0.6) is 5.75 Å². The Morgan fingerprint density at radius 1 is 1.03 bits per heavy atom. The molecular formula is C25H23BrN2O4. The molecule has 6 nitrogen and oxygen atoms in total. The zero-order valence-electron chi connectivity index (χ0n) is 17.3. The molecule has 7 heteroatoms. The molecule has 2 atom stereocenters. The maximum absolute atomic E-state index is 13.6. The number of carbonyl (C=O) groups is 2. The summed E-state index contributed by atoms with van der Waals surface area (Å²) in [5.41, 5.74) is 2.50. The van der Waals surface area contributed by atoms with Gasteiger partial charge in [0.1, 0.15) is 24.4 Å². The molecule has 1 heterocycles.